The Labute approximate surface area is 93.7 Å². The molecule has 0 saturated heterocycles. The minimum absolute atomic E-state index is 0.288. The molecule has 84 valence electrons. The highest BCUT2D eigenvalue weighted by Gasteiger charge is 2.11. The molecule has 1 rings (SSSR count). The Bertz CT molecular complexity index is 297. The molecular weight excluding hydrogens is 182 g/mol. The van der Waals surface area contributed by atoms with Crippen molar-refractivity contribution in [2.45, 2.75) is 46.6 Å². The molecule has 0 aliphatic heterocycles. The van der Waals surface area contributed by atoms with Crippen molar-refractivity contribution in [3.8, 4) is 0 Å². The zero-order valence-corrected chi connectivity index (χ0v) is 10.4. The molecule has 2 atom stereocenters. The van der Waals surface area contributed by atoms with Crippen LogP contribution in [0.1, 0.15) is 37.0 Å². The van der Waals surface area contributed by atoms with E-state index in [-0.39, 0.29) is 6.04 Å². The van der Waals surface area contributed by atoms with Crippen LogP contribution in [-0.2, 0) is 6.42 Å². The molecule has 1 heteroatoms. The van der Waals surface area contributed by atoms with Crippen LogP contribution < -0.4 is 5.73 Å². The molecule has 0 aromatic heterocycles. The molecule has 0 aliphatic rings. The molecule has 0 spiro atoms. The lowest BCUT2D eigenvalue weighted by Gasteiger charge is -2.18. The summed E-state index contributed by atoms with van der Waals surface area (Å²) >= 11 is 0. The van der Waals surface area contributed by atoms with Gasteiger partial charge >= 0.3 is 0 Å². The highest BCUT2D eigenvalue weighted by molar-refractivity contribution is 5.29. The van der Waals surface area contributed by atoms with Crippen LogP contribution in [0.5, 0.6) is 0 Å². The van der Waals surface area contributed by atoms with Crippen molar-refractivity contribution in [1.82, 2.24) is 0 Å². The molecule has 2 unspecified atom stereocenters. The monoisotopic (exact) mass is 205 g/mol. The Morgan fingerprint density at radius 3 is 2.13 bits per heavy atom. The minimum Gasteiger partial charge on any atom is -0.327 e. The van der Waals surface area contributed by atoms with Crippen LogP contribution in [0, 0.1) is 19.8 Å². The van der Waals surface area contributed by atoms with Crippen molar-refractivity contribution in [3.63, 3.8) is 0 Å². The summed E-state index contributed by atoms with van der Waals surface area (Å²) in [5.41, 5.74) is 10.2. The molecule has 1 aromatic rings. The lowest BCUT2D eigenvalue weighted by Crippen LogP contribution is -2.30. The van der Waals surface area contributed by atoms with E-state index in [1.165, 1.54) is 16.7 Å². The van der Waals surface area contributed by atoms with E-state index in [0.717, 1.165) is 12.8 Å². The molecule has 0 bridgehead atoms. The fourth-order valence-electron chi connectivity index (χ4n) is 1.96. The van der Waals surface area contributed by atoms with Crippen LogP contribution in [0.4, 0.5) is 0 Å². The van der Waals surface area contributed by atoms with Crippen LogP contribution in [0.15, 0.2) is 18.2 Å². The summed E-state index contributed by atoms with van der Waals surface area (Å²) in [5.74, 6) is 0.603. The average molecular weight is 205 g/mol. The summed E-state index contributed by atoms with van der Waals surface area (Å²) in [7, 11) is 0. The fraction of sp³-hybridized carbons (Fsp3) is 0.571. The third-order valence-electron chi connectivity index (χ3n) is 3.13. The van der Waals surface area contributed by atoms with Crippen LogP contribution in [0.2, 0.25) is 0 Å². The summed E-state index contributed by atoms with van der Waals surface area (Å²) in [6.07, 6.45) is 2.16. The first-order valence-electron chi connectivity index (χ1n) is 5.85. The van der Waals surface area contributed by atoms with E-state index in [9.17, 15) is 0 Å². The first-order valence-corrected chi connectivity index (χ1v) is 5.85. The lowest BCUT2D eigenvalue weighted by molar-refractivity contribution is 0.440. The molecular formula is C14H23N. The molecule has 0 amide bonds. The molecule has 0 saturated carbocycles. The summed E-state index contributed by atoms with van der Waals surface area (Å²) in [6, 6.07) is 6.99. The number of hydrogen-bond acceptors (Lipinski definition) is 1. The van der Waals surface area contributed by atoms with Crippen LogP contribution in [0.3, 0.4) is 0 Å². The van der Waals surface area contributed by atoms with Gasteiger partial charge in [-0.2, -0.15) is 0 Å². The third-order valence-corrected chi connectivity index (χ3v) is 3.13. The summed E-state index contributed by atoms with van der Waals surface area (Å²) in [4.78, 5) is 0. The molecule has 0 radical (unpaired) electrons. The SMILES string of the molecule is CCC(C)C(N)Cc1cc(C)cc(C)c1. The third kappa shape index (κ3) is 3.67. The van der Waals surface area contributed by atoms with Crippen molar-refractivity contribution < 1.29 is 0 Å². The second-order valence-corrected chi connectivity index (χ2v) is 4.75. The molecule has 0 aliphatic carbocycles. The largest absolute Gasteiger partial charge is 0.327 e. The Morgan fingerprint density at radius 1 is 1.13 bits per heavy atom. The Balaban J connectivity index is 2.72. The number of nitrogens with two attached hydrogens (primary N) is 1. The maximum absolute atomic E-state index is 6.16. The predicted molar refractivity (Wildman–Crippen MR) is 67.1 cm³/mol. The number of aryl methyl sites for hydroxylation is 2. The average Bonchev–Trinajstić information content (AvgIpc) is 2.14. The van der Waals surface area contributed by atoms with Crippen molar-refractivity contribution in [2.24, 2.45) is 11.7 Å². The van der Waals surface area contributed by atoms with E-state index in [1.54, 1.807) is 0 Å². The predicted octanol–water partition coefficient (Wildman–Crippen LogP) is 3.22. The number of hydrogen-bond donors (Lipinski definition) is 1. The molecule has 1 nitrogen and oxygen atoms in total. The Morgan fingerprint density at radius 2 is 1.67 bits per heavy atom. The smallest absolute Gasteiger partial charge is 0.0105 e. The Kier molecular flexibility index (Phi) is 4.34. The lowest BCUT2D eigenvalue weighted by atomic mass is 9.92. The van der Waals surface area contributed by atoms with Gasteiger partial charge in [0.25, 0.3) is 0 Å². The summed E-state index contributed by atoms with van der Waals surface area (Å²) in [5, 5.41) is 0. The van der Waals surface area contributed by atoms with E-state index >= 15 is 0 Å². The quantitative estimate of drug-likeness (QED) is 0.802. The summed E-state index contributed by atoms with van der Waals surface area (Å²) in [6.45, 7) is 8.72. The summed E-state index contributed by atoms with van der Waals surface area (Å²) < 4.78 is 0. The van der Waals surface area contributed by atoms with Crippen molar-refractivity contribution >= 4 is 0 Å². The molecule has 0 heterocycles. The van der Waals surface area contributed by atoms with E-state index in [4.69, 9.17) is 5.73 Å². The molecule has 2 N–H and O–H groups in total. The van der Waals surface area contributed by atoms with Crippen molar-refractivity contribution in [3.05, 3.63) is 34.9 Å². The van der Waals surface area contributed by atoms with Gasteiger partial charge in [0.2, 0.25) is 0 Å². The maximum Gasteiger partial charge on any atom is 0.0105 e. The number of benzene rings is 1. The minimum atomic E-state index is 0.288. The van der Waals surface area contributed by atoms with Crippen molar-refractivity contribution in [2.75, 3.05) is 0 Å². The van der Waals surface area contributed by atoms with Gasteiger partial charge in [-0.25, -0.2) is 0 Å². The van der Waals surface area contributed by atoms with E-state index in [1.807, 2.05) is 0 Å². The topological polar surface area (TPSA) is 26.0 Å². The first-order chi connectivity index (χ1) is 7.02. The first kappa shape index (κ1) is 12.3. The Hall–Kier alpha value is -0.820. The second-order valence-electron chi connectivity index (χ2n) is 4.75. The van der Waals surface area contributed by atoms with Gasteiger partial charge in [-0.3, -0.25) is 0 Å². The molecule has 0 fully saturated rings. The van der Waals surface area contributed by atoms with Crippen molar-refractivity contribution in [1.29, 1.82) is 0 Å². The van der Waals surface area contributed by atoms with Crippen LogP contribution in [-0.4, -0.2) is 6.04 Å². The highest BCUT2D eigenvalue weighted by Crippen LogP contribution is 2.14. The van der Waals surface area contributed by atoms with Gasteiger partial charge in [0.15, 0.2) is 0 Å². The van der Waals surface area contributed by atoms with Gasteiger partial charge in [0.05, 0.1) is 0 Å². The van der Waals surface area contributed by atoms with Gasteiger partial charge in [-0.05, 0) is 31.7 Å². The zero-order valence-electron chi connectivity index (χ0n) is 10.4. The van der Waals surface area contributed by atoms with E-state index in [0.29, 0.717) is 5.92 Å². The van der Waals surface area contributed by atoms with E-state index in [2.05, 4.69) is 45.9 Å². The maximum atomic E-state index is 6.16. The zero-order chi connectivity index (χ0) is 11.4. The number of rotatable bonds is 4. The van der Waals surface area contributed by atoms with Gasteiger partial charge in [-0.1, -0.05) is 49.6 Å². The standard InChI is InChI=1S/C14H23N/c1-5-12(4)14(15)9-13-7-10(2)6-11(3)8-13/h6-8,12,14H,5,9,15H2,1-4H3. The van der Waals surface area contributed by atoms with Crippen LogP contribution >= 0.6 is 0 Å². The fourth-order valence-corrected chi connectivity index (χ4v) is 1.96. The van der Waals surface area contributed by atoms with Gasteiger partial charge < -0.3 is 5.73 Å². The van der Waals surface area contributed by atoms with Gasteiger partial charge in [0.1, 0.15) is 0 Å². The van der Waals surface area contributed by atoms with Gasteiger partial charge in [0, 0.05) is 6.04 Å². The van der Waals surface area contributed by atoms with E-state index < -0.39 is 0 Å². The second kappa shape index (κ2) is 5.32. The van der Waals surface area contributed by atoms with Crippen LogP contribution in [0.25, 0.3) is 0 Å². The van der Waals surface area contributed by atoms with Gasteiger partial charge in [-0.15, -0.1) is 0 Å². The molecule has 1 aromatic carbocycles. The normalized spacial score (nSPS) is 15.0. The molecule has 15 heavy (non-hydrogen) atoms. The highest BCUT2D eigenvalue weighted by atomic mass is 14.6.